The van der Waals surface area contributed by atoms with Crippen LogP contribution in [0.3, 0.4) is 0 Å². The lowest BCUT2D eigenvalue weighted by Crippen LogP contribution is -2.39. The van der Waals surface area contributed by atoms with Gasteiger partial charge in [-0.1, -0.05) is 12.8 Å². The molecule has 1 aromatic rings. The first kappa shape index (κ1) is 14.5. The van der Waals surface area contributed by atoms with E-state index in [4.69, 9.17) is 0 Å². The highest BCUT2D eigenvalue weighted by molar-refractivity contribution is 7.09. The number of likely N-dealkylation sites (tertiary alicyclic amines) is 1. The Morgan fingerprint density at radius 2 is 2.11 bits per heavy atom. The Bertz CT molecular complexity index is 385. The molecule has 0 unspecified atom stereocenters. The molecule has 1 fully saturated rings. The summed E-state index contributed by atoms with van der Waals surface area (Å²) in [6.07, 6.45) is 6.84. The second-order valence-corrected chi connectivity index (χ2v) is 6.17. The fourth-order valence-corrected chi connectivity index (χ4v) is 3.16. The molecule has 0 aliphatic carbocycles. The molecule has 106 valence electrons. The topological polar surface area (TPSA) is 36.4 Å². The number of nitrogens with zero attached hydrogens (tertiary/aromatic N) is 3. The molecule has 1 aliphatic heterocycles. The zero-order valence-electron chi connectivity index (χ0n) is 11.8. The van der Waals surface area contributed by atoms with Gasteiger partial charge >= 0.3 is 0 Å². The van der Waals surface area contributed by atoms with E-state index in [-0.39, 0.29) is 11.9 Å². The van der Waals surface area contributed by atoms with Crippen LogP contribution in [0.15, 0.2) is 11.6 Å². The number of hydrogen-bond acceptors (Lipinski definition) is 4. The number of carbonyl (C=O) groups is 1. The predicted molar refractivity (Wildman–Crippen MR) is 78.2 cm³/mol. The molecule has 1 atom stereocenters. The van der Waals surface area contributed by atoms with E-state index < -0.39 is 0 Å². The third-order valence-corrected chi connectivity index (χ3v) is 4.79. The number of amides is 1. The Kier molecular flexibility index (Phi) is 5.34. The van der Waals surface area contributed by atoms with E-state index in [0.717, 1.165) is 18.1 Å². The Morgan fingerprint density at radius 3 is 2.68 bits per heavy atom. The molecule has 2 rings (SSSR count). The van der Waals surface area contributed by atoms with E-state index in [1.165, 1.54) is 25.7 Å². The summed E-state index contributed by atoms with van der Waals surface area (Å²) in [5.74, 6) is 0.199. The van der Waals surface area contributed by atoms with Crippen molar-refractivity contribution >= 4 is 17.2 Å². The number of hydrogen-bond donors (Lipinski definition) is 0. The summed E-state index contributed by atoms with van der Waals surface area (Å²) >= 11 is 1.61. The molecule has 1 amide bonds. The monoisotopic (exact) mass is 281 g/mol. The van der Waals surface area contributed by atoms with Crippen LogP contribution in [0.4, 0.5) is 0 Å². The molecule has 0 saturated carbocycles. The number of likely N-dealkylation sites (N-methyl/N-ethyl adjacent to an activating group) is 1. The van der Waals surface area contributed by atoms with Crippen LogP contribution in [0.5, 0.6) is 0 Å². The van der Waals surface area contributed by atoms with E-state index in [9.17, 15) is 4.79 Å². The van der Waals surface area contributed by atoms with Crippen molar-refractivity contribution in [1.82, 2.24) is 14.8 Å². The zero-order chi connectivity index (χ0) is 13.7. The van der Waals surface area contributed by atoms with Gasteiger partial charge in [-0.05, 0) is 32.9 Å². The molecule has 4 nitrogen and oxygen atoms in total. The molecular weight excluding hydrogens is 258 g/mol. The summed E-state index contributed by atoms with van der Waals surface area (Å²) in [4.78, 5) is 20.7. The normalized spacial score (nSPS) is 18.8. The minimum Gasteiger partial charge on any atom is -0.335 e. The van der Waals surface area contributed by atoms with Crippen molar-refractivity contribution in [3.63, 3.8) is 0 Å². The molecule has 1 aromatic heterocycles. The van der Waals surface area contributed by atoms with Crippen molar-refractivity contribution in [2.24, 2.45) is 0 Å². The summed E-state index contributed by atoms with van der Waals surface area (Å²) in [7, 11) is 1.88. The number of thiazole rings is 1. The van der Waals surface area contributed by atoms with E-state index in [1.54, 1.807) is 17.5 Å². The average Bonchev–Trinajstić information content (AvgIpc) is 2.83. The number of aromatic nitrogens is 1. The van der Waals surface area contributed by atoms with E-state index in [2.05, 4.69) is 9.88 Å². The summed E-state index contributed by atoms with van der Waals surface area (Å²) in [5, 5.41) is 2.96. The van der Waals surface area contributed by atoms with Crippen molar-refractivity contribution in [2.75, 3.05) is 26.7 Å². The molecule has 0 radical (unpaired) electrons. The number of rotatable bonds is 4. The summed E-state index contributed by atoms with van der Waals surface area (Å²) < 4.78 is 0. The molecule has 19 heavy (non-hydrogen) atoms. The molecule has 0 spiro atoms. The van der Waals surface area contributed by atoms with Gasteiger partial charge in [0.15, 0.2) is 0 Å². The van der Waals surface area contributed by atoms with Crippen LogP contribution in [0.25, 0.3) is 0 Å². The van der Waals surface area contributed by atoms with Gasteiger partial charge in [0.25, 0.3) is 0 Å². The average molecular weight is 281 g/mol. The molecule has 2 heterocycles. The highest BCUT2D eigenvalue weighted by atomic mass is 32.1. The standard InChI is InChI=1S/C14H23N3OS/c1-12(14-15-7-10-19-14)16(2)13(18)11-17-8-5-3-4-6-9-17/h7,10,12H,3-6,8-9,11H2,1-2H3/t12-/m1/s1. The third kappa shape index (κ3) is 4.01. The minimum atomic E-state index is 0.0690. The second-order valence-electron chi connectivity index (χ2n) is 5.24. The van der Waals surface area contributed by atoms with E-state index >= 15 is 0 Å². The fraction of sp³-hybridized carbons (Fsp3) is 0.714. The van der Waals surface area contributed by atoms with Crippen LogP contribution >= 0.6 is 11.3 Å². The van der Waals surface area contributed by atoms with Crippen LogP contribution in [0.2, 0.25) is 0 Å². The van der Waals surface area contributed by atoms with Gasteiger partial charge in [0, 0.05) is 18.6 Å². The van der Waals surface area contributed by atoms with Crippen molar-refractivity contribution in [1.29, 1.82) is 0 Å². The fourth-order valence-electron chi connectivity index (χ4n) is 2.42. The van der Waals surface area contributed by atoms with Gasteiger partial charge in [0.05, 0.1) is 12.6 Å². The van der Waals surface area contributed by atoms with Gasteiger partial charge in [-0.15, -0.1) is 11.3 Å². The van der Waals surface area contributed by atoms with Crippen LogP contribution in [0.1, 0.15) is 43.7 Å². The Hall–Kier alpha value is -0.940. The smallest absolute Gasteiger partial charge is 0.237 e. The number of carbonyl (C=O) groups excluding carboxylic acids is 1. The van der Waals surface area contributed by atoms with Crippen molar-refractivity contribution in [3.8, 4) is 0 Å². The molecule has 0 N–H and O–H groups in total. The van der Waals surface area contributed by atoms with Gasteiger partial charge in [0.2, 0.25) is 5.91 Å². The first-order valence-electron chi connectivity index (χ1n) is 7.06. The van der Waals surface area contributed by atoms with Gasteiger partial charge < -0.3 is 4.90 Å². The lowest BCUT2D eigenvalue weighted by Gasteiger charge is -2.27. The van der Waals surface area contributed by atoms with Crippen LogP contribution in [-0.4, -0.2) is 47.4 Å². The maximum atomic E-state index is 12.3. The lowest BCUT2D eigenvalue weighted by molar-refractivity contribution is -0.133. The maximum absolute atomic E-state index is 12.3. The molecule has 0 bridgehead atoms. The van der Waals surface area contributed by atoms with Gasteiger partial charge in [-0.3, -0.25) is 9.69 Å². The van der Waals surface area contributed by atoms with Gasteiger partial charge in [-0.25, -0.2) is 4.98 Å². The van der Waals surface area contributed by atoms with Crippen LogP contribution < -0.4 is 0 Å². The Labute approximate surface area is 119 Å². The molecule has 1 saturated heterocycles. The van der Waals surface area contributed by atoms with Gasteiger partial charge in [-0.2, -0.15) is 0 Å². The Balaban J connectivity index is 1.87. The first-order valence-corrected chi connectivity index (χ1v) is 7.94. The Morgan fingerprint density at radius 1 is 1.42 bits per heavy atom. The zero-order valence-corrected chi connectivity index (χ0v) is 12.7. The molecule has 1 aliphatic rings. The van der Waals surface area contributed by atoms with Crippen molar-refractivity contribution < 1.29 is 4.79 Å². The molecular formula is C14H23N3OS. The highest BCUT2D eigenvalue weighted by Crippen LogP contribution is 2.21. The molecule has 5 heteroatoms. The predicted octanol–water partition coefficient (Wildman–Crippen LogP) is 2.54. The summed E-state index contributed by atoms with van der Waals surface area (Å²) in [5.41, 5.74) is 0. The second kappa shape index (κ2) is 7.01. The minimum absolute atomic E-state index is 0.0690. The molecule has 0 aromatic carbocycles. The van der Waals surface area contributed by atoms with Crippen molar-refractivity contribution in [3.05, 3.63) is 16.6 Å². The van der Waals surface area contributed by atoms with Crippen LogP contribution in [0, 0.1) is 0 Å². The maximum Gasteiger partial charge on any atom is 0.237 e. The highest BCUT2D eigenvalue weighted by Gasteiger charge is 2.21. The van der Waals surface area contributed by atoms with E-state index in [1.807, 2.05) is 24.3 Å². The van der Waals surface area contributed by atoms with E-state index in [0.29, 0.717) is 6.54 Å². The quantitative estimate of drug-likeness (QED) is 0.851. The van der Waals surface area contributed by atoms with Crippen molar-refractivity contribution in [2.45, 2.75) is 38.6 Å². The lowest BCUT2D eigenvalue weighted by atomic mass is 10.2. The first-order chi connectivity index (χ1) is 9.18. The van der Waals surface area contributed by atoms with Crippen LogP contribution in [-0.2, 0) is 4.79 Å². The third-order valence-electron chi connectivity index (χ3n) is 3.84. The summed E-state index contributed by atoms with van der Waals surface area (Å²) in [6.45, 7) is 4.71. The largest absolute Gasteiger partial charge is 0.335 e. The SMILES string of the molecule is C[C@H](c1nccs1)N(C)C(=O)CN1CCCCCC1. The summed E-state index contributed by atoms with van der Waals surface area (Å²) in [6, 6.07) is 0.0690. The van der Waals surface area contributed by atoms with Gasteiger partial charge in [0.1, 0.15) is 5.01 Å².